The lowest BCUT2D eigenvalue weighted by Gasteiger charge is -2.09. The van der Waals surface area contributed by atoms with Crippen molar-refractivity contribution < 1.29 is 17.9 Å². The van der Waals surface area contributed by atoms with Gasteiger partial charge >= 0.3 is 0 Å². The first kappa shape index (κ1) is 9.89. The Bertz CT molecular complexity index is 318. The van der Waals surface area contributed by atoms with Gasteiger partial charge in [-0.3, -0.25) is 0 Å². The SMILES string of the molecule is [CH2]c1c(F)c(F)c(C)c(F)c1OC. The molecule has 0 bridgehead atoms. The summed E-state index contributed by atoms with van der Waals surface area (Å²) in [7, 11) is 1.17. The highest BCUT2D eigenvalue weighted by molar-refractivity contribution is 5.42. The van der Waals surface area contributed by atoms with Crippen LogP contribution in [0.3, 0.4) is 0 Å². The number of hydrogen-bond donors (Lipinski definition) is 0. The van der Waals surface area contributed by atoms with Crippen LogP contribution in [0.15, 0.2) is 0 Å². The van der Waals surface area contributed by atoms with E-state index in [1.54, 1.807) is 0 Å². The molecule has 13 heavy (non-hydrogen) atoms. The first-order chi connectivity index (χ1) is 6.00. The van der Waals surface area contributed by atoms with Crippen molar-refractivity contribution in [1.29, 1.82) is 0 Å². The Hall–Kier alpha value is -1.19. The fourth-order valence-corrected chi connectivity index (χ4v) is 1.01. The molecule has 0 unspecified atom stereocenters. The minimum absolute atomic E-state index is 0.351. The van der Waals surface area contributed by atoms with Crippen LogP contribution < -0.4 is 4.74 Å². The predicted octanol–water partition coefficient (Wildman–Crippen LogP) is 2.60. The van der Waals surface area contributed by atoms with Crippen LogP contribution in [0.1, 0.15) is 11.1 Å². The van der Waals surface area contributed by atoms with E-state index in [1.165, 1.54) is 7.11 Å². The summed E-state index contributed by atoms with van der Waals surface area (Å²) in [5.41, 5.74) is -0.801. The van der Waals surface area contributed by atoms with Gasteiger partial charge in [-0.1, -0.05) is 0 Å². The highest BCUT2D eigenvalue weighted by atomic mass is 19.2. The maximum atomic E-state index is 13.1. The second kappa shape index (κ2) is 3.28. The van der Waals surface area contributed by atoms with E-state index in [0.29, 0.717) is 0 Å². The zero-order valence-electron chi connectivity index (χ0n) is 7.25. The lowest BCUT2D eigenvalue weighted by atomic mass is 10.1. The summed E-state index contributed by atoms with van der Waals surface area (Å²) in [5, 5.41) is 0. The molecule has 0 heterocycles. The molecule has 0 spiro atoms. The fraction of sp³-hybridized carbons (Fsp3) is 0.222. The molecule has 0 saturated heterocycles. The summed E-state index contributed by atoms with van der Waals surface area (Å²) in [6.45, 7) is 4.31. The smallest absolute Gasteiger partial charge is 0.171 e. The molecule has 0 aromatic heterocycles. The molecule has 0 aliphatic carbocycles. The summed E-state index contributed by atoms with van der Waals surface area (Å²) >= 11 is 0. The molecular weight excluding hydrogens is 181 g/mol. The standard InChI is InChI=1S/C9H8F3O/c1-4-6(10)7(11)5(2)9(13-3)8(4)12/h2H2,1,3H3. The summed E-state index contributed by atoms with van der Waals surface area (Å²) in [6, 6.07) is 0. The molecule has 1 aromatic carbocycles. The van der Waals surface area contributed by atoms with E-state index < -0.39 is 28.6 Å². The molecule has 0 amide bonds. The van der Waals surface area contributed by atoms with Crippen molar-refractivity contribution in [2.24, 2.45) is 0 Å². The van der Waals surface area contributed by atoms with Gasteiger partial charge in [0.2, 0.25) is 0 Å². The topological polar surface area (TPSA) is 9.23 Å². The molecule has 0 aliphatic rings. The quantitative estimate of drug-likeness (QED) is 0.617. The maximum absolute atomic E-state index is 13.1. The summed E-state index contributed by atoms with van der Waals surface area (Å²) in [4.78, 5) is 0. The second-order valence-electron chi connectivity index (χ2n) is 2.58. The van der Waals surface area contributed by atoms with Gasteiger partial charge in [0.1, 0.15) is 0 Å². The van der Waals surface area contributed by atoms with E-state index in [2.05, 4.69) is 11.7 Å². The maximum Gasteiger partial charge on any atom is 0.171 e. The number of methoxy groups -OCH3 is 1. The van der Waals surface area contributed by atoms with Crippen LogP contribution in [0.4, 0.5) is 13.2 Å². The van der Waals surface area contributed by atoms with Crippen LogP contribution >= 0.6 is 0 Å². The van der Waals surface area contributed by atoms with Crippen molar-refractivity contribution in [2.45, 2.75) is 6.92 Å². The molecule has 4 heteroatoms. The number of halogens is 3. The Balaban J connectivity index is 3.56. The molecule has 0 aliphatic heterocycles. The van der Waals surface area contributed by atoms with Crippen molar-refractivity contribution in [1.82, 2.24) is 0 Å². The highest BCUT2D eigenvalue weighted by Gasteiger charge is 2.20. The third-order valence-corrected chi connectivity index (χ3v) is 1.79. The van der Waals surface area contributed by atoms with Gasteiger partial charge in [0.05, 0.1) is 7.11 Å². The Morgan fingerprint density at radius 2 is 1.62 bits per heavy atom. The third-order valence-electron chi connectivity index (χ3n) is 1.79. The average Bonchev–Trinajstić information content (AvgIpc) is 2.13. The van der Waals surface area contributed by atoms with Crippen LogP contribution in [-0.4, -0.2) is 7.11 Å². The first-order valence-electron chi connectivity index (χ1n) is 3.53. The highest BCUT2D eigenvalue weighted by Crippen LogP contribution is 2.29. The molecule has 0 atom stereocenters. The van der Waals surface area contributed by atoms with E-state index in [4.69, 9.17) is 0 Å². The van der Waals surface area contributed by atoms with Gasteiger partial charge in [-0.15, -0.1) is 0 Å². The largest absolute Gasteiger partial charge is 0.493 e. The summed E-state index contributed by atoms with van der Waals surface area (Å²) in [5.74, 6) is -3.65. The van der Waals surface area contributed by atoms with Gasteiger partial charge in [-0.2, -0.15) is 0 Å². The molecule has 0 fully saturated rings. The Kier molecular flexibility index (Phi) is 2.50. The van der Waals surface area contributed by atoms with Crippen molar-refractivity contribution >= 4 is 0 Å². The molecule has 0 N–H and O–H groups in total. The van der Waals surface area contributed by atoms with E-state index in [1.807, 2.05) is 0 Å². The van der Waals surface area contributed by atoms with Crippen molar-refractivity contribution in [3.8, 4) is 5.75 Å². The van der Waals surface area contributed by atoms with Gasteiger partial charge < -0.3 is 4.74 Å². The molecule has 71 valence electrons. The van der Waals surface area contributed by atoms with Gasteiger partial charge in [0.25, 0.3) is 0 Å². The number of hydrogen-bond acceptors (Lipinski definition) is 1. The van der Waals surface area contributed by atoms with Crippen LogP contribution in [0.2, 0.25) is 0 Å². The molecule has 0 saturated carbocycles. The molecular formula is C9H8F3O. The van der Waals surface area contributed by atoms with Crippen LogP contribution in [0.5, 0.6) is 5.75 Å². The number of rotatable bonds is 1. The minimum atomic E-state index is -1.22. The molecule has 1 aromatic rings. The first-order valence-corrected chi connectivity index (χ1v) is 3.53. The zero-order chi connectivity index (χ0) is 10.2. The van der Waals surface area contributed by atoms with Gasteiger partial charge in [0, 0.05) is 11.1 Å². The average molecular weight is 189 g/mol. The third kappa shape index (κ3) is 1.36. The lowest BCUT2D eigenvalue weighted by molar-refractivity contribution is 0.370. The van der Waals surface area contributed by atoms with Crippen molar-refractivity contribution in [2.75, 3.05) is 7.11 Å². The van der Waals surface area contributed by atoms with E-state index in [9.17, 15) is 13.2 Å². The Morgan fingerprint density at radius 3 is 2.08 bits per heavy atom. The lowest BCUT2D eigenvalue weighted by Crippen LogP contribution is -2.02. The van der Waals surface area contributed by atoms with Crippen molar-refractivity contribution in [3.05, 3.63) is 35.5 Å². The normalized spacial score (nSPS) is 10.3. The van der Waals surface area contributed by atoms with Crippen molar-refractivity contribution in [3.63, 3.8) is 0 Å². The Labute approximate surface area is 74.1 Å². The van der Waals surface area contributed by atoms with Crippen LogP contribution in [0.25, 0.3) is 0 Å². The molecule has 1 nitrogen and oxygen atoms in total. The number of benzene rings is 1. The van der Waals surface area contributed by atoms with Crippen LogP contribution in [-0.2, 0) is 0 Å². The van der Waals surface area contributed by atoms with Gasteiger partial charge in [0.15, 0.2) is 23.2 Å². The summed E-state index contributed by atoms with van der Waals surface area (Å²) in [6.07, 6.45) is 0. The van der Waals surface area contributed by atoms with Gasteiger partial charge in [-0.25, -0.2) is 13.2 Å². The predicted molar refractivity (Wildman–Crippen MR) is 42.1 cm³/mol. The molecule has 1 rings (SSSR count). The van der Waals surface area contributed by atoms with E-state index in [0.717, 1.165) is 6.92 Å². The minimum Gasteiger partial charge on any atom is -0.493 e. The monoisotopic (exact) mass is 189 g/mol. The van der Waals surface area contributed by atoms with E-state index in [-0.39, 0.29) is 5.75 Å². The zero-order valence-corrected chi connectivity index (χ0v) is 7.25. The summed E-state index contributed by atoms with van der Waals surface area (Å²) < 4.78 is 43.5. The van der Waals surface area contributed by atoms with E-state index >= 15 is 0 Å². The Morgan fingerprint density at radius 1 is 1.08 bits per heavy atom. The molecule has 1 radical (unpaired) electrons. The fourth-order valence-electron chi connectivity index (χ4n) is 1.01. The number of ether oxygens (including phenoxy) is 1. The van der Waals surface area contributed by atoms with Crippen LogP contribution in [0, 0.1) is 31.3 Å². The van der Waals surface area contributed by atoms with Gasteiger partial charge in [-0.05, 0) is 13.8 Å². The second-order valence-corrected chi connectivity index (χ2v) is 2.58.